The number of hydrogen-bond donors (Lipinski definition) is 1. The van der Waals surface area contributed by atoms with Crippen molar-refractivity contribution in [1.29, 1.82) is 0 Å². The fraction of sp³-hybridized carbons (Fsp3) is 0.241. The van der Waals surface area contributed by atoms with Gasteiger partial charge in [0.1, 0.15) is 5.75 Å². The SMILES string of the molecule is CC(C)Oc1ccccc1-c1cc(C(=O)N[C@@H]2CCCc3ccccc32)c2ccccc2n1. The standard InChI is InChI=1S/C29H28N2O2/c1-19(2)33-28-17-8-6-14-23(28)27-18-24(22-13-5-7-15-26(22)30-27)29(32)31-25-16-9-11-20-10-3-4-12-21(20)25/h3-8,10,12-15,17-19,25H,9,11,16H2,1-2H3,(H,31,32)/t25-/m1/s1. The highest BCUT2D eigenvalue weighted by Gasteiger charge is 2.23. The third kappa shape index (κ3) is 4.34. The van der Waals surface area contributed by atoms with Gasteiger partial charge in [-0.2, -0.15) is 0 Å². The number of carbonyl (C=O) groups is 1. The van der Waals surface area contributed by atoms with Crippen LogP contribution in [0.5, 0.6) is 5.75 Å². The van der Waals surface area contributed by atoms with Crippen molar-refractivity contribution in [3.63, 3.8) is 0 Å². The molecule has 1 N–H and O–H groups in total. The lowest BCUT2D eigenvalue weighted by Crippen LogP contribution is -2.31. The zero-order chi connectivity index (χ0) is 22.8. The number of carbonyl (C=O) groups excluding carboxylic acids is 1. The molecule has 0 bridgehead atoms. The van der Waals surface area contributed by atoms with Crippen LogP contribution in [0, 0.1) is 0 Å². The summed E-state index contributed by atoms with van der Waals surface area (Å²) >= 11 is 0. The predicted octanol–water partition coefficient (Wildman–Crippen LogP) is 6.50. The number of aromatic nitrogens is 1. The first kappa shape index (κ1) is 21.2. The molecule has 0 fully saturated rings. The molecule has 5 rings (SSSR count). The number of nitrogens with one attached hydrogen (secondary N) is 1. The molecular weight excluding hydrogens is 408 g/mol. The number of hydrogen-bond acceptors (Lipinski definition) is 3. The molecule has 0 aliphatic heterocycles. The third-order valence-corrected chi connectivity index (χ3v) is 6.16. The quantitative estimate of drug-likeness (QED) is 0.389. The fourth-order valence-corrected chi connectivity index (χ4v) is 4.68. The average molecular weight is 437 g/mol. The normalized spacial score (nSPS) is 15.3. The highest BCUT2D eigenvalue weighted by atomic mass is 16.5. The van der Waals surface area contributed by atoms with Crippen LogP contribution >= 0.6 is 0 Å². The molecule has 0 spiro atoms. The highest BCUT2D eigenvalue weighted by Crippen LogP contribution is 2.33. The molecule has 33 heavy (non-hydrogen) atoms. The van der Waals surface area contributed by atoms with E-state index in [1.807, 2.05) is 68.4 Å². The van der Waals surface area contributed by atoms with E-state index in [1.54, 1.807) is 0 Å². The molecule has 0 radical (unpaired) electrons. The van der Waals surface area contributed by atoms with Crippen molar-refractivity contribution in [2.75, 3.05) is 0 Å². The van der Waals surface area contributed by atoms with Gasteiger partial charge >= 0.3 is 0 Å². The topological polar surface area (TPSA) is 51.2 Å². The lowest BCUT2D eigenvalue weighted by molar-refractivity contribution is 0.0934. The van der Waals surface area contributed by atoms with Gasteiger partial charge in [0.25, 0.3) is 5.91 Å². The lowest BCUT2D eigenvalue weighted by atomic mass is 9.87. The maximum atomic E-state index is 13.6. The molecular formula is C29H28N2O2. The summed E-state index contributed by atoms with van der Waals surface area (Å²) in [6.07, 6.45) is 3.13. The Balaban J connectivity index is 1.56. The molecule has 1 aliphatic rings. The minimum absolute atomic E-state index is 0.0226. The minimum atomic E-state index is -0.0705. The first-order chi connectivity index (χ1) is 16.1. The molecule has 1 aromatic heterocycles. The fourth-order valence-electron chi connectivity index (χ4n) is 4.68. The van der Waals surface area contributed by atoms with E-state index < -0.39 is 0 Å². The van der Waals surface area contributed by atoms with Crippen LogP contribution in [-0.2, 0) is 6.42 Å². The zero-order valence-corrected chi connectivity index (χ0v) is 19.0. The Morgan fingerprint density at radius 3 is 2.64 bits per heavy atom. The summed E-state index contributed by atoms with van der Waals surface area (Å²) in [6, 6.07) is 26.0. The smallest absolute Gasteiger partial charge is 0.252 e. The van der Waals surface area contributed by atoms with Gasteiger partial charge in [-0.15, -0.1) is 0 Å². The highest BCUT2D eigenvalue weighted by molar-refractivity contribution is 6.07. The van der Waals surface area contributed by atoms with E-state index in [-0.39, 0.29) is 18.1 Å². The number of amides is 1. The molecule has 4 nitrogen and oxygen atoms in total. The molecule has 1 amide bonds. The second kappa shape index (κ2) is 9.07. The maximum Gasteiger partial charge on any atom is 0.252 e. The van der Waals surface area contributed by atoms with Gasteiger partial charge in [-0.1, -0.05) is 54.6 Å². The predicted molar refractivity (Wildman–Crippen MR) is 133 cm³/mol. The van der Waals surface area contributed by atoms with Crippen molar-refractivity contribution < 1.29 is 9.53 Å². The van der Waals surface area contributed by atoms with Crippen LogP contribution in [0.25, 0.3) is 22.2 Å². The largest absolute Gasteiger partial charge is 0.490 e. The number of para-hydroxylation sites is 2. The monoisotopic (exact) mass is 436 g/mol. The Labute approximate surface area is 194 Å². The van der Waals surface area contributed by atoms with Crippen molar-refractivity contribution >= 4 is 16.8 Å². The van der Waals surface area contributed by atoms with Gasteiger partial charge in [0, 0.05) is 10.9 Å². The van der Waals surface area contributed by atoms with E-state index in [4.69, 9.17) is 9.72 Å². The molecule has 0 saturated carbocycles. The lowest BCUT2D eigenvalue weighted by Gasteiger charge is -2.26. The van der Waals surface area contributed by atoms with Crippen LogP contribution in [0.15, 0.2) is 78.9 Å². The van der Waals surface area contributed by atoms with Crippen molar-refractivity contribution in [1.82, 2.24) is 10.3 Å². The van der Waals surface area contributed by atoms with Gasteiger partial charge in [0.15, 0.2) is 0 Å². The van der Waals surface area contributed by atoms with Crippen molar-refractivity contribution in [3.05, 3.63) is 95.6 Å². The summed E-state index contributed by atoms with van der Waals surface area (Å²) in [5, 5.41) is 4.16. The van der Waals surface area contributed by atoms with Gasteiger partial charge in [0.05, 0.1) is 28.9 Å². The Morgan fingerprint density at radius 1 is 1.00 bits per heavy atom. The molecule has 1 heterocycles. The number of ether oxygens (including phenoxy) is 1. The van der Waals surface area contributed by atoms with E-state index in [2.05, 4.69) is 29.6 Å². The maximum absolute atomic E-state index is 13.6. The Hall–Kier alpha value is -3.66. The van der Waals surface area contributed by atoms with E-state index in [0.717, 1.165) is 47.2 Å². The first-order valence-corrected chi connectivity index (χ1v) is 11.6. The van der Waals surface area contributed by atoms with Crippen LogP contribution in [-0.4, -0.2) is 17.0 Å². The van der Waals surface area contributed by atoms with E-state index >= 15 is 0 Å². The molecule has 1 atom stereocenters. The number of fused-ring (bicyclic) bond motifs is 2. The Bertz CT molecular complexity index is 1310. The first-order valence-electron chi connectivity index (χ1n) is 11.6. The molecule has 4 heteroatoms. The second-order valence-corrected chi connectivity index (χ2v) is 8.85. The molecule has 0 unspecified atom stereocenters. The van der Waals surface area contributed by atoms with Crippen molar-refractivity contribution in [3.8, 4) is 17.0 Å². The number of pyridine rings is 1. The van der Waals surface area contributed by atoms with Gasteiger partial charge in [0.2, 0.25) is 0 Å². The Kier molecular flexibility index (Phi) is 5.82. The van der Waals surface area contributed by atoms with Crippen LogP contribution < -0.4 is 10.1 Å². The van der Waals surface area contributed by atoms with Gasteiger partial charge in [-0.25, -0.2) is 4.98 Å². The number of rotatable bonds is 5. The molecule has 4 aromatic rings. The van der Waals surface area contributed by atoms with Crippen molar-refractivity contribution in [2.24, 2.45) is 0 Å². The zero-order valence-electron chi connectivity index (χ0n) is 19.0. The van der Waals surface area contributed by atoms with E-state index in [1.165, 1.54) is 11.1 Å². The van der Waals surface area contributed by atoms with E-state index in [9.17, 15) is 4.79 Å². The number of benzene rings is 3. The number of nitrogens with zero attached hydrogens (tertiary/aromatic N) is 1. The summed E-state index contributed by atoms with van der Waals surface area (Å²) in [5.74, 6) is 0.696. The summed E-state index contributed by atoms with van der Waals surface area (Å²) in [6.45, 7) is 4.01. The van der Waals surface area contributed by atoms with Gasteiger partial charge in [-0.05, 0) is 68.5 Å². The second-order valence-electron chi connectivity index (χ2n) is 8.85. The van der Waals surface area contributed by atoms with Gasteiger partial charge < -0.3 is 10.1 Å². The summed E-state index contributed by atoms with van der Waals surface area (Å²) in [5.41, 5.74) is 5.61. The van der Waals surface area contributed by atoms with Crippen molar-refractivity contribution in [2.45, 2.75) is 45.3 Å². The Morgan fingerprint density at radius 2 is 1.76 bits per heavy atom. The van der Waals surface area contributed by atoms with Crippen LogP contribution in [0.3, 0.4) is 0 Å². The van der Waals surface area contributed by atoms with Crippen LogP contribution in [0.2, 0.25) is 0 Å². The molecule has 0 saturated heterocycles. The summed E-state index contributed by atoms with van der Waals surface area (Å²) in [4.78, 5) is 18.5. The van der Waals surface area contributed by atoms with Gasteiger partial charge in [-0.3, -0.25) is 4.79 Å². The average Bonchev–Trinajstić information content (AvgIpc) is 2.83. The molecule has 1 aliphatic carbocycles. The van der Waals surface area contributed by atoms with E-state index in [0.29, 0.717) is 5.56 Å². The minimum Gasteiger partial charge on any atom is -0.490 e. The number of aryl methyl sites for hydroxylation is 1. The summed E-state index contributed by atoms with van der Waals surface area (Å²) < 4.78 is 6.03. The van der Waals surface area contributed by atoms with Crippen LogP contribution in [0.4, 0.5) is 0 Å². The van der Waals surface area contributed by atoms with Crippen LogP contribution in [0.1, 0.15) is 54.2 Å². The molecule has 3 aromatic carbocycles. The molecule has 166 valence electrons. The third-order valence-electron chi connectivity index (χ3n) is 6.16. The summed E-state index contributed by atoms with van der Waals surface area (Å²) in [7, 11) is 0.